The van der Waals surface area contributed by atoms with E-state index in [-0.39, 0.29) is 0 Å². The van der Waals surface area contributed by atoms with E-state index in [2.05, 4.69) is 32.2 Å². The van der Waals surface area contributed by atoms with Gasteiger partial charge in [-0.3, -0.25) is 0 Å². The molecule has 0 unspecified atom stereocenters. The van der Waals surface area contributed by atoms with Crippen molar-refractivity contribution in [3.8, 4) is 0 Å². The van der Waals surface area contributed by atoms with Gasteiger partial charge in [0.1, 0.15) is 0 Å². The summed E-state index contributed by atoms with van der Waals surface area (Å²) in [7, 11) is 0. The van der Waals surface area contributed by atoms with Crippen molar-refractivity contribution in [2.24, 2.45) is 11.7 Å². The van der Waals surface area contributed by atoms with Crippen LogP contribution < -0.4 is 11.1 Å². The molecule has 1 aliphatic rings. The highest BCUT2D eigenvalue weighted by Crippen LogP contribution is 2.19. The van der Waals surface area contributed by atoms with Crippen LogP contribution in [0, 0.1) is 5.92 Å². The van der Waals surface area contributed by atoms with Gasteiger partial charge in [-0.15, -0.1) is 0 Å². The summed E-state index contributed by atoms with van der Waals surface area (Å²) in [5, 5.41) is 3.63. The van der Waals surface area contributed by atoms with Gasteiger partial charge in [-0.2, -0.15) is 0 Å². The quantitative estimate of drug-likeness (QED) is 0.727. The summed E-state index contributed by atoms with van der Waals surface area (Å²) in [6, 6.07) is 1.10. The summed E-state index contributed by atoms with van der Waals surface area (Å²) in [5.74, 6) is 0.607. The SMILES string of the molecule is C/C=C(\NC1CCC(N)CC1)C(C)C. The molecule has 1 aliphatic carbocycles. The van der Waals surface area contributed by atoms with Gasteiger partial charge in [-0.05, 0) is 38.5 Å². The van der Waals surface area contributed by atoms with Crippen LogP contribution in [0.4, 0.5) is 0 Å². The van der Waals surface area contributed by atoms with Crippen molar-refractivity contribution in [2.75, 3.05) is 0 Å². The molecule has 0 radical (unpaired) electrons. The Bertz CT molecular complexity index is 188. The molecule has 0 amide bonds. The molecule has 0 aromatic heterocycles. The van der Waals surface area contributed by atoms with Gasteiger partial charge in [0.2, 0.25) is 0 Å². The Morgan fingerprint density at radius 2 is 1.86 bits per heavy atom. The smallest absolute Gasteiger partial charge is 0.0259 e. The maximum Gasteiger partial charge on any atom is 0.0259 e. The van der Waals surface area contributed by atoms with Crippen molar-refractivity contribution >= 4 is 0 Å². The summed E-state index contributed by atoms with van der Waals surface area (Å²) in [5.41, 5.74) is 7.26. The van der Waals surface area contributed by atoms with Gasteiger partial charge in [0.25, 0.3) is 0 Å². The second-order valence-corrected chi connectivity index (χ2v) is 4.65. The van der Waals surface area contributed by atoms with Crippen LogP contribution in [0.2, 0.25) is 0 Å². The van der Waals surface area contributed by atoms with Crippen molar-refractivity contribution < 1.29 is 0 Å². The molecule has 0 aromatic rings. The molecule has 1 fully saturated rings. The third-order valence-corrected chi connectivity index (χ3v) is 3.08. The first-order chi connectivity index (χ1) is 6.63. The lowest BCUT2D eigenvalue weighted by Crippen LogP contribution is -2.37. The van der Waals surface area contributed by atoms with Crippen molar-refractivity contribution in [2.45, 2.75) is 58.5 Å². The zero-order chi connectivity index (χ0) is 10.6. The predicted octanol–water partition coefficient (Wildman–Crippen LogP) is 2.41. The monoisotopic (exact) mass is 196 g/mol. The first-order valence-electron chi connectivity index (χ1n) is 5.81. The number of rotatable bonds is 3. The normalized spacial score (nSPS) is 29.4. The highest BCUT2D eigenvalue weighted by Gasteiger charge is 2.19. The molecule has 14 heavy (non-hydrogen) atoms. The van der Waals surface area contributed by atoms with E-state index in [1.807, 2.05) is 0 Å². The lowest BCUT2D eigenvalue weighted by molar-refractivity contribution is 0.352. The van der Waals surface area contributed by atoms with Gasteiger partial charge in [-0.1, -0.05) is 19.9 Å². The number of allylic oxidation sites excluding steroid dienone is 2. The zero-order valence-corrected chi connectivity index (χ0v) is 9.72. The highest BCUT2D eigenvalue weighted by molar-refractivity contribution is 5.03. The van der Waals surface area contributed by atoms with E-state index < -0.39 is 0 Å². The summed E-state index contributed by atoms with van der Waals surface area (Å²) >= 11 is 0. The minimum absolute atomic E-state index is 0.446. The maximum absolute atomic E-state index is 5.88. The first-order valence-corrected chi connectivity index (χ1v) is 5.81. The number of hydrogen-bond donors (Lipinski definition) is 2. The molecular formula is C12H24N2. The average Bonchev–Trinajstić information content (AvgIpc) is 2.16. The van der Waals surface area contributed by atoms with E-state index >= 15 is 0 Å². The number of nitrogens with one attached hydrogen (secondary N) is 1. The van der Waals surface area contributed by atoms with Gasteiger partial charge < -0.3 is 11.1 Å². The molecule has 0 spiro atoms. The molecule has 2 nitrogen and oxygen atoms in total. The van der Waals surface area contributed by atoms with Gasteiger partial charge in [0.05, 0.1) is 0 Å². The molecule has 0 atom stereocenters. The van der Waals surface area contributed by atoms with Crippen molar-refractivity contribution in [1.82, 2.24) is 5.32 Å². The predicted molar refractivity (Wildman–Crippen MR) is 62.0 cm³/mol. The van der Waals surface area contributed by atoms with E-state index in [9.17, 15) is 0 Å². The second kappa shape index (κ2) is 5.40. The molecule has 0 aromatic carbocycles. The molecule has 2 heteroatoms. The minimum Gasteiger partial charge on any atom is -0.386 e. The molecular weight excluding hydrogens is 172 g/mol. The Labute approximate surface area is 87.9 Å². The topological polar surface area (TPSA) is 38.0 Å². The Morgan fingerprint density at radius 3 is 2.29 bits per heavy atom. The lowest BCUT2D eigenvalue weighted by atomic mass is 9.91. The van der Waals surface area contributed by atoms with Crippen molar-refractivity contribution in [1.29, 1.82) is 0 Å². The Hall–Kier alpha value is -0.500. The van der Waals surface area contributed by atoms with Gasteiger partial charge in [-0.25, -0.2) is 0 Å². The molecule has 1 saturated carbocycles. The van der Waals surface area contributed by atoms with Crippen LogP contribution in [-0.2, 0) is 0 Å². The zero-order valence-electron chi connectivity index (χ0n) is 9.72. The van der Waals surface area contributed by atoms with E-state index in [0.29, 0.717) is 18.0 Å². The van der Waals surface area contributed by atoms with Crippen LogP contribution in [-0.4, -0.2) is 12.1 Å². The molecule has 0 saturated heterocycles. The third kappa shape index (κ3) is 3.33. The maximum atomic E-state index is 5.88. The summed E-state index contributed by atoms with van der Waals surface area (Å²) in [6.07, 6.45) is 7.00. The number of nitrogens with two attached hydrogens (primary N) is 1. The lowest BCUT2D eigenvalue weighted by Gasteiger charge is -2.29. The second-order valence-electron chi connectivity index (χ2n) is 4.65. The van der Waals surface area contributed by atoms with Gasteiger partial charge in [0, 0.05) is 17.8 Å². The third-order valence-electron chi connectivity index (χ3n) is 3.08. The molecule has 0 bridgehead atoms. The fourth-order valence-corrected chi connectivity index (χ4v) is 2.08. The summed E-state index contributed by atoms with van der Waals surface area (Å²) in [4.78, 5) is 0. The summed E-state index contributed by atoms with van der Waals surface area (Å²) in [6.45, 7) is 6.57. The number of hydrogen-bond acceptors (Lipinski definition) is 2. The van der Waals surface area contributed by atoms with Crippen LogP contribution in [0.25, 0.3) is 0 Å². The average molecular weight is 196 g/mol. The molecule has 82 valence electrons. The molecule has 0 heterocycles. The van der Waals surface area contributed by atoms with Crippen LogP contribution in [0.1, 0.15) is 46.5 Å². The Balaban J connectivity index is 2.37. The highest BCUT2D eigenvalue weighted by atomic mass is 14.9. The van der Waals surface area contributed by atoms with Crippen LogP contribution in [0.3, 0.4) is 0 Å². The van der Waals surface area contributed by atoms with Crippen LogP contribution in [0.15, 0.2) is 11.8 Å². The molecule has 0 aliphatic heterocycles. The fraction of sp³-hybridized carbons (Fsp3) is 0.833. The van der Waals surface area contributed by atoms with Crippen molar-refractivity contribution in [3.05, 3.63) is 11.8 Å². The van der Waals surface area contributed by atoms with Crippen LogP contribution >= 0.6 is 0 Å². The first kappa shape index (κ1) is 11.6. The molecule has 3 N–H and O–H groups in total. The minimum atomic E-state index is 0.446. The van der Waals surface area contributed by atoms with Gasteiger partial charge in [0.15, 0.2) is 0 Å². The van der Waals surface area contributed by atoms with E-state index in [1.165, 1.54) is 31.4 Å². The van der Waals surface area contributed by atoms with E-state index in [1.54, 1.807) is 0 Å². The summed E-state index contributed by atoms with van der Waals surface area (Å²) < 4.78 is 0. The Morgan fingerprint density at radius 1 is 1.29 bits per heavy atom. The molecule has 1 rings (SSSR count). The fourth-order valence-electron chi connectivity index (χ4n) is 2.08. The van der Waals surface area contributed by atoms with Crippen LogP contribution in [0.5, 0.6) is 0 Å². The van der Waals surface area contributed by atoms with Gasteiger partial charge >= 0.3 is 0 Å². The van der Waals surface area contributed by atoms with E-state index in [0.717, 1.165) is 0 Å². The standard InChI is InChI=1S/C12H24N2/c1-4-12(9(2)3)14-11-7-5-10(13)6-8-11/h4,9-11,14H,5-8,13H2,1-3H3/b12-4-. The largest absolute Gasteiger partial charge is 0.386 e. The van der Waals surface area contributed by atoms with E-state index in [4.69, 9.17) is 5.73 Å². The van der Waals surface area contributed by atoms with Crippen molar-refractivity contribution in [3.63, 3.8) is 0 Å². The Kier molecular flexibility index (Phi) is 4.46.